The van der Waals surface area contributed by atoms with Gasteiger partial charge in [0.1, 0.15) is 13.2 Å². The van der Waals surface area contributed by atoms with Crippen LogP contribution < -0.4 is 0 Å². The summed E-state index contributed by atoms with van der Waals surface area (Å²) in [6.07, 6.45) is 79.3. The molecule has 0 amide bonds. The van der Waals surface area contributed by atoms with Gasteiger partial charge in [0.25, 0.3) is 0 Å². The number of hydrogen-bond acceptors (Lipinski definition) is 6. The van der Waals surface area contributed by atoms with Crippen molar-refractivity contribution in [3.8, 4) is 0 Å². The third-order valence-corrected chi connectivity index (χ3v) is 12.3. The number of rotatable bonds is 52. The van der Waals surface area contributed by atoms with E-state index >= 15 is 0 Å². The Bertz CT molecular complexity index is 1460. The lowest BCUT2D eigenvalue weighted by molar-refractivity contribution is -0.167. The van der Waals surface area contributed by atoms with Crippen molar-refractivity contribution in [2.75, 3.05) is 13.2 Å². The van der Waals surface area contributed by atoms with Gasteiger partial charge in [0.15, 0.2) is 6.10 Å². The second kappa shape index (κ2) is 58.6. The van der Waals surface area contributed by atoms with Crippen LogP contribution in [-0.2, 0) is 28.6 Å². The van der Waals surface area contributed by atoms with Crippen molar-refractivity contribution >= 4 is 17.9 Å². The number of carbonyl (C=O) groups excluding carboxylic acids is 3. The summed E-state index contributed by atoms with van der Waals surface area (Å²) in [4.78, 5) is 38.2. The van der Waals surface area contributed by atoms with E-state index in [9.17, 15) is 14.4 Å². The van der Waals surface area contributed by atoms with E-state index in [1.807, 2.05) is 0 Å². The van der Waals surface area contributed by atoms with Crippen LogP contribution >= 0.6 is 0 Å². The SMILES string of the molecule is CC/C=C\C/C=C\C/C=C\C/C=C\C/C=C\CCCCCCCC(=O)OCC(COC(=O)CCCCCCCCCCCCCCCCC)OC(=O)CCCCCC/C=C\C/C=C\C/C=C\C/C=C\CC. The third-order valence-electron chi connectivity index (χ3n) is 12.3. The number of unbranched alkanes of at least 4 members (excludes halogenated alkanes) is 23. The smallest absolute Gasteiger partial charge is 0.306 e. The predicted octanol–water partition coefficient (Wildman–Crippen LogP) is 19.9. The topological polar surface area (TPSA) is 78.9 Å². The highest BCUT2D eigenvalue weighted by Gasteiger charge is 2.19. The molecule has 0 spiro atoms. The largest absolute Gasteiger partial charge is 0.462 e. The van der Waals surface area contributed by atoms with E-state index in [0.717, 1.165) is 148 Å². The van der Waals surface area contributed by atoms with Crippen LogP contribution in [0.3, 0.4) is 0 Å². The second-order valence-electron chi connectivity index (χ2n) is 19.1. The monoisotopic (exact) mass is 985 g/mol. The summed E-state index contributed by atoms with van der Waals surface area (Å²) in [5.74, 6) is -0.933. The minimum Gasteiger partial charge on any atom is -0.462 e. The molecule has 0 bridgehead atoms. The summed E-state index contributed by atoms with van der Waals surface area (Å²) in [6.45, 7) is 6.39. The van der Waals surface area contributed by atoms with Gasteiger partial charge in [-0.05, 0) is 103 Å². The Morgan fingerprint density at radius 2 is 0.549 bits per heavy atom. The molecule has 0 aliphatic rings. The molecular weight excluding hydrogens is 877 g/mol. The summed E-state index contributed by atoms with van der Waals surface area (Å²) >= 11 is 0. The summed E-state index contributed by atoms with van der Waals surface area (Å²) in [7, 11) is 0. The Morgan fingerprint density at radius 3 is 0.859 bits per heavy atom. The molecule has 0 aromatic carbocycles. The van der Waals surface area contributed by atoms with Crippen LogP contribution in [0.2, 0.25) is 0 Å². The van der Waals surface area contributed by atoms with Gasteiger partial charge in [-0.2, -0.15) is 0 Å². The quantitative estimate of drug-likeness (QED) is 0.0261. The molecule has 0 N–H and O–H groups in total. The van der Waals surface area contributed by atoms with Gasteiger partial charge in [-0.15, -0.1) is 0 Å². The van der Waals surface area contributed by atoms with Crippen molar-refractivity contribution in [3.05, 3.63) is 109 Å². The van der Waals surface area contributed by atoms with E-state index in [0.29, 0.717) is 19.3 Å². The maximum Gasteiger partial charge on any atom is 0.306 e. The Labute approximate surface area is 438 Å². The molecule has 0 saturated carbocycles. The minimum absolute atomic E-state index is 0.0939. The number of allylic oxidation sites excluding steroid dienone is 18. The number of hydrogen-bond donors (Lipinski definition) is 0. The molecular formula is C65H108O6. The summed E-state index contributed by atoms with van der Waals surface area (Å²) < 4.78 is 16.9. The molecule has 1 atom stereocenters. The Balaban J connectivity index is 4.46. The molecule has 0 radical (unpaired) electrons. The molecule has 71 heavy (non-hydrogen) atoms. The predicted molar refractivity (Wildman–Crippen MR) is 307 cm³/mol. The Morgan fingerprint density at radius 1 is 0.296 bits per heavy atom. The van der Waals surface area contributed by atoms with E-state index < -0.39 is 6.10 Å². The summed E-state index contributed by atoms with van der Waals surface area (Å²) in [5, 5.41) is 0. The van der Waals surface area contributed by atoms with Crippen LogP contribution in [0, 0.1) is 0 Å². The first-order valence-electron chi connectivity index (χ1n) is 29.4. The Hall–Kier alpha value is -3.93. The van der Waals surface area contributed by atoms with Gasteiger partial charge >= 0.3 is 17.9 Å². The average Bonchev–Trinajstić information content (AvgIpc) is 3.37. The number of ether oxygens (including phenoxy) is 3. The lowest BCUT2D eigenvalue weighted by atomic mass is 10.0. The molecule has 404 valence electrons. The normalized spacial score (nSPS) is 12.9. The van der Waals surface area contributed by atoms with E-state index in [1.165, 1.54) is 77.0 Å². The van der Waals surface area contributed by atoms with Gasteiger partial charge in [0, 0.05) is 19.3 Å². The number of esters is 3. The van der Waals surface area contributed by atoms with Crippen molar-refractivity contribution in [1.29, 1.82) is 0 Å². The zero-order valence-electron chi connectivity index (χ0n) is 46.2. The summed E-state index contributed by atoms with van der Waals surface area (Å²) in [5.41, 5.74) is 0. The maximum atomic E-state index is 12.9. The fourth-order valence-corrected chi connectivity index (χ4v) is 7.93. The highest BCUT2D eigenvalue weighted by molar-refractivity contribution is 5.71. The van der Waals surface area contributed by atoms with Crippen molar-refractivity contribution in [3.63, 3.8) is 0 Å². The second-order valence-corrected chi connectivity index (χ2v) is 19.1. The minimum atomic E-state index is -0.800. The zero-order chi connectivity index (χ0) is 51.4. The highest BCUT2D eigenvalue weighted by atomic mass is 16.6. The molecule has 1 unspecified atom stereocenters. The van der Waals surface area contributed by atoms with Crippen LogP contribution in [0.15, 0.2) is 109 Å². The molecule has 0 fully saturated rings. The molecule has 0 saturated heterocycles. The first-order valence-corrected chi connectivity index (χ1v) is 29.4. The van der Waals surface area contributed by atoms with Gasteiger partial charge in [0.2, 0.25) is 0 Å². The van der Waals surface area contributed by atoms with Crippen molar-refractivity contribution in [2.45, 2.75) is 271 Å². The summed E-state index contributed by atoms with van der Waals surface area (Å²) in [6, 6.07) is 0. The van der Waals surface area contributed by atoms with Crippen molar-refractivity contribution in [1.82, 2.24) is 0 Å². The lowest BCUT2D eigenvalue weighted by Crippen LogP contribution is -2.30. The fourth-order valence-electron chi connectivity index (χ4n) is 7.93. The van der Waals surface area contributed by atoms with E-state index in [2.05, 4.69) is 130 Å². The van der Waals surface area contributed by atoms with E-state index in [4.69, 9.17) is 14.2 Å². The van der Waals surface area contributed by atoms with Crippen LogP contribution in [0.5, 0.6) is 0 Å². The highest BCUT2D eigenvalue weighted by Crippen LogP contribution is 2.15. The van der Waals surface area contributed by atoms with Gasteiger partial charge in [-0.3, -0.25) is 14.4 Å². The number of carbonyl (C=O) groups is 3. The maximum absolute atomic E-state index is 12.9. The third kappa shape index (κ3) is 56.9. The molecule has 0 aliphatic heterocycles. The zero-order valence-corrected chi connectivity index (χ0v) is 46.2. The van der Waals surface area contributed by atoms with Crippen LogP contribution in [-0.4, -0.2) is 37.2 Å². The fraction of sp³-hybridized carbons (Fsp3) is 0.677. The first kappa shape index (κ1) is 67.1. The molecule has 6 heteroatoms. The van der Waals surface area contributed by atoms with E-state index in [-0.39, 0.29) is 31.1 Å². The average molecular weight is 986 g/mol. The standard InChI is InChI=1S/C65H108O6/c1-4-7-10-13-16-19-22-25-28-30-31-32-33-35-37-40-43-46-49-52-55-58-64(67)70-61-62(60-69-63(66)57-54-51-48-45-42-39-36-27-24-21-18-15-12-9-6-3)71-65(68)59-56-53-50-47-44-41-38-34-29-26-23-20-17-14-11-8-5-2/h7-8,10-11,16-17,19-20,25-26,28-29,31-32,35,37-38,41,62H,4-6,9,12-15,18,21-24,27,30,33-34,36,39-40,42-61H2,1-3H3/b10-7-,11-8-,19-16-,20-17-,28-25-,29-26-,32-31-,37-35-,41-38-. The van der Waals surface area contributed by atoms with Gasteiger partial charge < -0.3 is 14.2 Å². The van der Waals surface area contributed by atoms with Gasteiger partial charge in [-0.25, -0.2) is 0 Å². The van der Waals surface area contributed by atoms with Crippen LogP contribution in [0.25, 0.3) is 0 Å². The molecule has 0 aliphatic carbocycles. The van der Waals surface area contributed by atoms with Crippen LogP contribution in [0.1, 0.15) is 265 Å². The molecule has 0 aromatic rings. The van der Waals surface area contributed by atoms with Gasteiger partial charge in [0.05, 0.1) is 0 Å². The van der Waals surface area contributed by atoms with Gasteiger partial charge in [-0.1, -0.05) is 252 Å². The Kier molecular flexibility index (Phi) is 55.4. The molecule has 6 nitrogen and oxygen atoms in total. The van der Waals surface area contributed by atoms with Crippen LogP contribution in [0.4, 0.5) is 0 Å². The first-order chi connectivity index (χ1) is 35.0. The van der Waals surface area contributed by atoms with E-state index in [1.54, 1.807) is 0 Å². The molecule has 0 aromatic heterocycles. The lowest BCUT2D eigenvalue weighted by Gasteiger charge is -2.18. The van der Waals surface area contributed by atoms with Crippen molar-refractivity contribution < 1.29 is 28.6 Å². The molecule has 0 heterocycles. The van der Waals surface area contributed by atoms with Crippen molar-refractivity contribution in [2.24, 2.45) is 0 Å². The molecule has 0 rings (SSSR count).